The van der Waals surface area contributed by atoms with Crippen LogP contribution in [-0.2, 0) is 11.2 Å². The Morgan fingerprint density at radius 3 is 2.94 bits per heavy atom. The molecular weight excluding hydrogens is 428 g/mol. The zero-order chi connectivity index (χ0) is 22.5. The number of methoxy groups -OCH3 is 1. The number of aryl methyl sites for hydroxylation is 1. The molecule has 1 aromatic heterocycles. The van der Waals surface area contributed by atoms with Crippen LogP contribution in [0.4, 0.5) is 0 Å². The van der Waals surface area contributed by atoms with Gasteiger partial charge in [-0.05, 0) is 55.2 Å². The summed E-state index contributed by atoms with van der Waals surface area (Å²) in [7, 11) is 1.59. The number of hydrogen-bond acceptors (Lipinski definition) is 5. The number of rotatable bonds is 7. The molecule has 7 heteroatoms. The molecule has 0 aliphatic carbocycles. The minimum Gasteiger partial charge on any atom is -0.493 e. The Bertz CT molecular complexity index is 1080. The molecule has 1 atom stereocenters. The van der Waals surface area contributed by atoms with Crippen molar-refractivity contribution in [3.05, 3.63) is 76.5 Å². The van der Waals surface area contributed by atoms with Crippen molar-refractivity contribution in [3.8, 4) is 11.5 Å². The largest absolute Gasteiger partial charge is 0.493 e. The fourth-order valence-corrected chi connectivity index (χ4v) is 4.18. The molecule has 1 aliphatic heterocycles. The molecule has 0 spiro atoms. The summed E-state index contributed by atoms with van der Waals surface area (Å²) >= 11 is 6.07. The van der Waals surface area contributed by atoms with Gasteiger partial charge in [0.05, 0.1) is 19.2 Å². The van der Waals surface area contributed by atoms with Crippen LogP contribution in [0.5, 0.6) is 11.5 Å². The van der Waals surface area contributed by atoms with Gasteiger partial charge in [0.25, 0.3) is 5.91 Å². The maximum absolute atomic E-state index is 12.8. The Labute approximate surface area is 193 Å². The fraction of sp³-hybridized carbons (Fsp3) is 0.360. The number of aromatic nitrogens is 1. The lowest BCUT2D eigenvalue weighted by Gasteiger charge is -2.31. The van der Waals surface area contributed by atoms with Crippen molar-refractivity contribution in [1.82, 2.24) is 9.88 Å². The van der Waals surface area contributed by atoms with Crippen molar-refractivity contribution in [3.63, 3.8) is 0 Å². The van der Waals surface area contributed by atoms with E-state index in [0.29, 0.717) is 41.9 Å². The predicted octanol–water partition coefficient (Wildman–Crippen LogP) is 5.02. The van der Waals surface area contributed by atoms with Crippen LogP contribution in [0, 0.1) is 6.92 Å². The Hall–Kier alpha value is -2.99. The number of carbonyl (C=O) groups excluding carboxylic acids is 1. The predicted molar refractivity (Wildman–Crippen MR) is 123 cm³/mol. The smallest absolute Gasteiger partial charge is 0.260 e. The monoisotopic (exact) mass is 454 g/mol. The lowest BCUT2D eigenvalue weighted by Crippen LogP contribution is -2.41. The summed E-state index contributed by atoms with van der Waals surface area (Å²) in [4.78, 5) is 19.1. The van der Waals surface area contributed by atoms with E-state index < -0.39 is 0 Å². The number of hydrogen-bond donors (Lipinski definition) is 0. The van der Waals surface area contributed by atoms with Gasteiger partial charge < -0.3 is 18.8 Å². The third kappa shape index (κ3) is 5.43. The van der Waals surface area contributed by atoms with Crippen molar-refractivity contribution in [2.24, 2.45) is 0 Å². The maximum Gasteiger partial charge on any atom is 0.260 e. The summed E-state index contributed by atoms with van der Waals surface area (Å²) in [6.45, 7) is 3.23. The van der Waals surface area contributed by atoms with E-state index in [1.165, 1.54) is 0 Å². The van der Waals surface area contributed by atoms with Crippen LogP contribution in [0.1, 0.15) is 41.5 Å². The molecule has 2 aromatic carbocycles. The van der Waals surface area contributed by atoms with Gasteiger partial charge in [-0.3, -0.25) is 4.79 Å². The Morgan fingerprint density at radius 2 is 2.12 bits per heavy atom. The first-order chi connectivity index (χ1) is 15.5. The van der Waals surface area contributed by atoms with E-state index >= 15 is 0 Å². The zero-order valence-corrected chi connectivity index (χ0v) is 19.1. The molecule has 4 rings (SSSR count). The molecular formula is C25H27ClN2O4. The highest BCUT2D eigenvalue weighted by atomic mass is 35.5. The fourth-order valence-electron chi connectivity index (χ4n) is 3.97. The third-order valence-corrected chi connectivity index (χ3v) is 5.87. The molecule has 0 saturated carbocycles. The quantitative estimate of drug-likeness (QED) is 0.501. The first kappa shape index (κ1) is 22.2. The first-order valence-corrected chi connectivity index (χ1v) is 11.1. The van der Waals surface area contributed by atoms with Gasteiger partial charge >= 0.3 is 0 Å². The molecule has 0 bridgehead atoms. The van der Waals surface area contributed by atoms with Gasteiger partial charge in [-0.2, -0.15) is 0 Å². The van der Waals surface area contributed by atoms with E-state index in [4.69, 9.17) is 25.5 Å². The normalized spacial score (nSPS) is 16.1. The molecule has 2 heterocycles. The summed E-state index contributed by atoms with van der Waals surface area (Å²) in [5.41, 5.74) is 2.14. The van der Waals surface area contributed by atoms with E-state index in [1.807, 2.05) is 54.3 Å². The summed E-state index contributed by atoms with van der Waals surface area (Å²) < 4.78 is 17.1. The zero-order valence-electron chi connectivity index (χ0n) is 18.3. The number of oxazole rings is 1. The number of nitrogens with zero attached hydrogens (tertiary/aromatic N) is 2. The SMILES string of the molecule is COc1cc(C)ccc1OCC(=O)N1CCC[C@H](c2ncc(Cc3cccc(Cl)c3)o2)C1. The Morgan fingerprint density at radius 1 is 1.25 bits per heavy atom. The Kier molecular flexibility index (Phi) is 7.00. The average Bonchev–Trinajstić information content (AvgIpc) is 3.26. The van der Waals surface area contributed by atoms with Crippen LogP contribution in [0.15, 0.2) is 53.1 Å². The lowest BCUT2D eigenvalue weighted by molar-refractivity contribution is -0.134. The van der Waals surface area contributed by atoms with Crippen molar-refractivity contribution in [1.29, 1.82) is 0 Å². The van der Waals surface area contributed by atoms with Gasteiger partial charge in [0.1, 0.15) is 5.76 Å². The minimum atomic E-state index is -0.0527. The number of likely N-dealkylation sites (tertiary alicyclic amines) is 1. The van der Waals surface area contributed by atoms with Crippen LogP contribution in [0.3, 0.4) is 0 Å². The van der Waals surface area contributed by atoms with Crippen LogP contribution >= 0.6 is 11.6 Å². The van der Waals surface area contributed by atoms with Gasteiger partial charge in [-0.1, -0.05) is 29.8 Å². The van der Waals surface area contributed by atoms with E-state index in [9.17, 15) is 4.79 Å². The van der Waals surface area contributed by atoms with Crippen molar-refractivity contribution in [2.45, 2.75) is 32.1 Å². The number of piperidine rings is 1. The first-order valence-electron chi connectivity index (χ1n) is 10.8. The average molecular weight is 455 g/mol. The molecule has 1 fully saturated rings. The highest BCUT2D eigenvalue weighted by Crippen LogP contribution is 2.29. The second-order valence-electron chi connectivity index (χ2n) is 8.09. The second kappa shape index (κ2) is 10.1. The van der Waals surface area contributed by atoms with Gasteiger partial charge in [-0.25, -0.2) is 4.98 Å². The second-order valence-corrected chi connectivity index (χ2v) is 8.53. The van der Waals surface area contributed by atoms with E-state index in [0.717, 1.165) is 29.7 Å². The van der Waals surface area contributed by atoms with E-state index in [1.54, 1.807) is 13.3 Å². The lowest BCUT2D eigenvalue weighted by atomic mass is 9.98. The molecule has 6 nitrogen and oxygen atoms in total. The molecule has 1 amide bonds. The number of amides is 1. The highest BCUT2D eigenvalue weighted by Gasteiger charge is 2.28. The number of benzene rings is 2. The molecule has 0 unspecified atom stereocenters. The summed E-state index contributed by atoms with van der Waals surface area (Å²) in [6, 6.07) is 13.4. The van der Waals surface area contributed by atoms with Crippen LogP contribution in [0.2, 0.25) is 5.02 Å². The van der Waals surface area contributed by atoms with Crippen LogP contribution in [-0.4, -0.2) is 42.6 Å². The molecule has 168 valence electrons. The topological polar surface area (TPSA) is 64.8 Å². The van der Waals surface area contributed by atoms with Crippen molar-refractivity contribution < 1.29 is 18.7 Å². The van der Waals surface area contributed by atoms with Crippen molar-refractivity contribution >= 4 is 17.5 Å². The summed E-state index contributed by atoms with van der Waals surface area (Å²) in [5.74, 6) is 2.69. The highest BCUT2D eigenvalue weighted by molar-refractivity contribution is 6.30. The molecule has 0 N–H and O–H groups in total. The standard InChI is InChI=1S/C25H27ClN2O4/c1-17-8-9-22(23(11-17)30-2)31-16-24(29)28-10-4-6-19(15-28)25-27-14-21(32-25)13-18-5-3-7-20(26)12-18/h3,5,7-9,11-12,14,19H,4,6,10,13,15-16H2,1-2H3/t19-/m0/s1. The van der Waals surface area contributed by atoms with Gasteiger partial charge in [0, 0.05) is 24.5 Å². The van der Waals surface area contributed by atoms with Gasteiger partial charge in [0.2, 0.25) is 0 Å². The van der Waals surface area contributed by atoms with Crippen molar-refractivity contribution in [2.75, 3.05) is 26.8 Å². The number of carbonyl (C=O) groups is 1. The number of halogens is 1. The maximum atomic E-state index is 12.8. The van der Waals surface area contributed by atoms with E-state index in [-0.39, 0.29) is 18.4 Å². The van der Waals surface area contributed by atoms with Crippen LogP contribution < -0.4 is 9.47 Å². The minimum absolute atomic E-state index is 0.0300. The number of ether oxygens (including phenoxy) is 2. The summed E-state index contributed by atoms with van der Waals surface area (Å²) in [5, 5.41) is 0.703. The Balaban J connectivity index is 1.35. The molecule has 1 saturated heterocycles. The molecule has 1 aliphatic rings. The van der Waals surface area contributed by atoms with Gasteiger partial charge in [-0.15, -0.1) is 0 Å². The molecule has 0 radical (unpaired) electrons. The van der Waals surface area contributed by atoms with Crippen LogP contribution in [0.25, 0.3) is 0 Å². The van der Waals surface area contributed by atoms with E-state index in [2.05, 4.69) is 4.98 Å². The third-order valence-electron chi connectivity index (χ3n) is 5.63. The molecule has 32 heavy (non-hydrogen) atoms. The van der Waals surface area contributed by atoms with Gasteiger partial charge in [0.15, 0.2) is 24.0 Å². The summed E-state index contributed by atoms with van der Waals surface area (Å²) in [6.07, 6.45) is 4.24. The molecule has 3 aromatic rings.